The van der Waals surface area contributed by atoms with E-state index in [0.29, 0.717) is 12.2 Å². The number of halogens is 1. The summed E-state index contributed by atoms with van der Waals surface area (Å²) in [5.41, 5.74) is 3.16. The summed E-state index contributed by atoms with van der Waals surface area (Å²) in [6.45, 7) is 5.02. The molecule has 212 valence electrons. The maximum atomic E-state index is 14.0. The molecular weight excluding hydrogens is 525 g/mol. The van der Waals surface area contributed by atoms with Crippen LogP contribution in [-0.2, 0) is 14.3 Å². The summed E-state index contributed by atoms with van der Waals surface area (Å²) in [5, 5.41) is 7.92. The second kappa shape index (κ2) is 11.1. The van der Waals surface area contributed by atoms with E-state index in [4.69, 9.17) is 14.8 Å². The number of carbonyl (C=O) groups is 2. The van der Waals surface area contributed by atoms with Crippen LogP contribution in [0, 0.1) is 5.82 Å². The van der Waals surface area contributed by atoms with E-state index in [-0.39, 0.29) is 23.8 Å². The van der Waals surface area contributed by atoms with Crippen molar-refractivity contribution in [3.8, 4) is 11.4 Å². The minimum Gasteiger partial charge on any atom is -0.453 e. The Bertz CT molecular complexity index is 1590. The minimum absolute atomic E-state index is 0.0599. The molecule has 11 heteroatoms. The van der Waals surface area contributed by atoms with Crippen molar-refractivity contribution in [2.24, 2.45) is 0 Å². The molecule has 2 aliphatic heterocycles. The number of nitrogens with zero attached hydrogens (tertiary/aromatic N) is 6. The van der Waals surface area contributed by atoms with E-state index in [9.17, 15) is 14.0 Å². The summed E-state index contributed by atoms with van der Waals surface area (Å²) < 4.78 is 20.8. The van der Waals surface area contributed by atoms with E-state index in [1.807, 2.05) is 40.9 Å². The molecule has 5 heterocycles. The number of fused-ring (bicyclic) bond motifs is 1. The zero-order valence-electron chi connectivity index (χ0n) is 23.0. The number of benzene rings is 1. The largest absolute Gasteiger partial charge is 0.453 e. The molecule has 2 saturated heterocycles. The molecule has 0 unspecified atom stereocenters. The molecule has 0 spiro atoms. The van der Waals surface area contributed by atoms with Gasteiger partial charge in [0.05, 0.1) is 17.9 Å². The number of anilines is 2. The highest BCUT2D eigenvalue weighted by Crippen LogP contribution is 2.36. The van der Waals surface area contributed by atoms with Crippen molar-refractivity contribution in [1.29, 1.82) is 0 Å². The van der Waals surface area contributed by atoms with Crippen molar-refractivity contribution in [3.05, 3.63) is 72.2 Å². The van der Waals surface area contributed by atoms with E-state index in [0.717, 1.165) is 60.9 Å². The minimum atomic E-state index is -0.833. The average molecular weight is 558 g/mol. The van der Waals surface area contributed by atoms with Gasteiger partial charge in [0, 0.05) is 32.6 Å². The Morgan fingerprint density at radius 2 is 1.93 bits per heavy atom. The number of nitrogens with one attached hydrogen (secondary N) is 1. The fourth-order valence-corrected chi connectivity index (χ4v) is 5.74. The second-order valence-electron chi connectivity index (χ2n) is 10.6. The van der Waals surface area contributed by atoms with Crippen LogP contribution < -0.4 is 15.1 Å². The van der Waals surface area contributed by atoms with Gasteiger partial charge in [-0.05, 0) is 68.1 Å². The zero-order valence-corrected chi connectivity index (χ0v) is 23.0. The van der Waals surface area contributed by atoms with Crippen molar-refractivity contribution >= 4 is 29.2 Å². The smallest absolute Gasteiger partial charge is 0.303 e. The van der Waals surface area contributed by atoms with Crippen molar-refractivity contribution in [2.75, 3.05) is 29.4 Å². The fourth-order valence-electron chi connectivity index (χ4n) is 5.74. The van der Waals surface area contributed by atoms with Crippen LogP contribution in [0.15, 0.2) is 60.8 Å². The lowest BCUT2D eigenvalue weighted by molar-refractivity contribution is -0.152. The van der Waals surface area contributed by atoms with Crippen LogP contribution in [0.25, 0.3) is 17.0 Å². The molecule has 0 bridgehead atoms. The standard InChI is InChI=1S/C30H32FN7O3/c1-19(41-20(2)39)30(40)33-23-13-15-36(18-23)28-10-4-8-24(34-28)26-17-32-27-11-12-29(35-38(26)27)37-14-5-9-25(37)21-6-3-7-22(31)16-21/h3-4,6-8,10-12,16-17,19,23,25H,5,9,13-15,18H2,1-2H3,(H,33,40)/t19-,23+,25+/m0/s1. The average Bonchev–Trinajstić information content (AvgIpc) is 3.72. The van der Waals surface area contributed by atoms with Gasteiger partial charge in [-0.15, -0.1) is 5.10 Å². The van der Waals surface area contributed by atoms with Crippen LogP contribution in [-0.4, -0.2) is 63.2 Å². The highest BCUT2D eigenvalue weighted by Gasteiger charge is 2.29. The molecule has 41 heavy (non-hydrogen) atoms. The molecular formula is C30H32FN7O3. The molecule has 0 saturated carbocycles. The summed E-state index contributed by atoms with van der Waals surface area (Å²) in [5.74, 6) is 0.579. The third kappa shape index (κ3) is 5.57. The number of aromatic nitrogens is 4. The van der Waals surface area contributed by atoms with Gasteiger partial charge in [-0.1, -0.05) is 18.2 Å². The lowest BCUT2D eigenvalue weighted by Gasteiger charge is -2.26. The zero-order chi connectivity index (χ0) is 28.5. The van der Waals surface area contributed by atoms with Gasteiger partial charge in [0.25, 0.3) is 5.91 Å². The van der Waals surface area contributed by atoms with Gasteiger partial charge < -0.3 is 19.9 Å². The number of ether oxygens (including phenoxy) is 1. The molecule has 4 aromatic rings. The van der Waals surface area contributed by atoms with Crippen LogP contribution in [0.2, 0.25) is 0 Å². The van der Waals surface area contributed by atoms with Gasteiger partial charge in [0.1, 0.15) is 23.1 Å². The molecule has 3 atom stereocenters. The summed E-state index contributed by atoms with van der Waals surface area (Å²) in [6, 6.07) is 16.5. The molecule has 2 aliphatic rings. The molecule has 0 aliphatic carbocycles. The summed E-state index contributed by atoms with van der Waals surface area (Å²) in [6.07, 6.45) is 3.63. The Morgan fingerprint density at radius 3 is 2.76 bits per heavy atom. The Hall–Kier alpha value is -4.54. The molecule has 0 radical (unpaired) electrons. The third-order valence-electron chi connectivity index (χ3n) is 7.70. The first kappa shape index (κ1) is 26.7. The third-order valence-corrected chi connectivity index (χ3v) is 7.70. The Morgan fingerprint density at radius 1 is 1.07 bits per heavy atom. The van der Waals surface area contributed by atoms with Crippen LogP contribution >= 0.6 is 0 Å². The monoisotopic (exact) mass is 557 g/mol. The number of hydrogen-bond acceptors (Lipinski definition) is 8. The lowest BCUT2D eigenvalue weighted by Crippen LogP contribution is -2.43. The quantitative estimate of drug-likeness (QED) is 0.341. The highest BCUT2D eigenvalue weighted by atomic mass is 19.1. The first-order valence-corrected chi connectivity index (χ1v) is 13.9. The van der Waals surface area contributed by atoms with Crippen LogP contribution in [0.3, 0.4) is 0 Å². The predicted molar refractivity (Wildman–Crippen MR) is 152 cm³/mol. The number of esters is 1. The highest BCUT2D eigenvalue weighted by molar-refractivity contribution is 5.83. The van der Waals surface area contributed by atoms with Crippen LogP contribution in [0.5, 0.6) is 0 Å². The Kier molecular flexibility index (Phi) is 7.25. The van der Waals surface area contributed by atoms with Crippen molar-refractivity contribution < 1.29 is 18.7 Å². The van der Waals surface area contributed by atoms with E-state index in [1.54, 1.807) is 25.3 Å². The summed E-state index contributed by atoms with van der Waals surface area (Å²) in [7, 11) is 0. The fraction of sp³-hybridized carbons (Fsp3) is 0.367. The molecule has 10 nitrogen and oxygen atoms in total. The van der Waals surface area contributed by atoms with Gasteiger partial charge in [-0.2, -0.15) is 0 Å². The summed E-state index contributed by atoms with van der Waals surface area (Å²) in [4.78, 5) is 37.4. The topological polar surface area (TPSA) is 105 Å². The maximum Gasteiger partial charge on any atom is 0.303 e. The number of pyridine rings is 1. The number of rotatable bonds is 7. The van der Waals surface area contributed by atoms with Crippen LogP contribution in [0.4, 0.5) is 16.0 Å². The van der Waals surface area contributed by atoms with E-state index < -0.39 is 12.1 Å². The Balaban J connectivity index is 1.21. The SMILES string of the molecule is CC(=O)O[C@@H](C)C(=O)N[C@@H]1CCN(c2cccc(-c3cnc4ccc(N5CCC[C@@H]5c5cccc(F)c5)nn34)n2)C1. The molecule has 1 N–H and O–H groups in total. The number of carbonyl (C=O) groups excluding carboxylic acids is 2. The van der Waals surface area contributed by atoms with Gasteiger partial charge in [-0.3, -0.25) is 9.59 Å². The number of hydrogen-bond donors (Lipinski definition) is 1. The molecule has 6 rings (SSSR count). The number of imidazole rings is 1. The van der Waals surface area contributed by atoms with E-state index >= 15 is 0 Å². The van der Waals surface area contributed by atoms with E-state index in [1.165, 1.54) is 13.0 Å². The molecule has 3 aromatic heterocycles. The van der Waals surface area contributed by atoms with Gasteiger partial charge in [0.2, 0.25) is 0 Å². The summed E-state index contributed by atoms with van der Waals surface area (Å²) >= 11 is 0. The second-order valence-corrected chi connectivity index (χ2v) is 10.6. The van der Waals surface area contributed by atoms with Crippen molar-refractivity contribution in [2.45, 2.75) is 51.3 Å². The van der Waals surface area contributed by atoms with Crippen LogP contribution in [0.1, 0.15) is 44.7 Å². The molecule has 2 fully saturated rings. The Labute approximate surface area is 237 Å². The molecule has 1 amide bonds. The predicted octanol–water partition coefficient (Wildman–Crippen LogP) is 3.92. The number of amides is 1. The lowest BCUT2D eigenvalue weighted by atomic mass is 10.0. The first-order chi connectivity index (χ1) is 19.9. The van der Waals surface area contributed by atoms with Gasteiger partial charge in [0.15, 0.2) is 11.8 Å². The van der Waals surface area contributed by atoms with E-state index in [2.05, 4.69) is 20.1 Å². The maximum absolute atomic E-state index is 14.0. The van der Waals surface area contributed by atoms with Gasteiger partial charge >= 0.3 is 5.97 Å². The molecule has 1 aromatic carbocycles. The normalized spacial score (nSPS) is 19.5. The first-order valence-electron chi connectivity index (χ1n) is 13.9. The van der Waals surface area contributed by atoms with Crippen molar-refractivity contribution in [1.82, 2.24) is 24.9 Å². The van der Waals surface area contributed by atoms with Crippen molar-refractivity contribution in [3.63, 3.8) is 0 Å². The van der Waals surface area contributed by atoms with Gasteiger partial charge in [-0.25, -0.2) is 18.9 Å².